The molecule has 1 aromatic carbocycles. The first-order chi connectivity index (χ1) is 8.00. The van der Waals surface area contributed by atoms with Crippen LogP contribution < -0.4 is 10.6 Å². The summed E-state index contributed by atoms with van der Waals surface area (Å²) in [5.41, 5.74) is 7.31. The molecule has 1 heterocycles. The summed E-state index contributed by atoms with van der Waals surface area (Å²) in [6, 6.07) is 4.81. The lowest BCUT2D eigenvalue weighted by Gasteiger charge is -2.28. The molecule has 1 aliphatic rings. The molecule has 0 spiro atoms. The highest BCUT2D eigenvalue weighted by Crippen LogP contribution is 2.26. The van der Waals surface area contributed by atoms with Gasteiger partial charge in [-0.15, -0.1) is 0 Å². The van der Waals surface area contributed by atoms with Gasteiger partial charge in [-0.1, -0.05) is 22.0 Å². The van der Waals surface area contributed by atoms with Crippen LogP contribution in [0.3, 0.4) is 0 Å². The molecule has 0 saturated carbocycles. The first-order valence-electron chi connectivity index (χ1n) is 5.39. The number of anilines is 1. The number of hydrogen-bond acceptors (Lipinski definition) is 3. The summed E-state index contributed by atoms with van der Waals surface area (Å²) in [5.74, 6) is -0.510. The molecule has 2 N–H and O–H groups in total. The second-order valence-electron chi connectivity index (χ2n) is 4.15. The molecule has 0 aliphatic carbocycles. The maximum atomic E-state index is 11.9. The van der Waals surface area contributed by atoms with Gasteiger partial charge in [-0.25, -0.2) is 4.90 Å². The fraction of sp³-hybridized carbons (Fsp3) is 0.333. The number of imide groups is 1. The lowest BCUT2D eigenvalue weighted by Crippen LogP contribution is -2.51. The Kier molecular flexibility index (Phi) is 3.31. The Morgan fingerprint density at radius 1 is 1.41 bits per heavy atom. The van der Waals surface area contributed by atoms with Crippen molar-refractivity contribution in [2.45, 2.75) is 25.8 Å². The third kappa shape index (κ3) is 2.25. The smallest absolute Gasteiger partial charge is 0.250 e. The molecule has 2 rings (SSSR count). The fourth-order valence-electron chi connectivity index (χ4n) is 1.80. The highest BCUT2D eigenvalue weighted by molar-refractivity contribution is 9.10. The molecule has 2 amide bonds. The number of halogens is 1. The molecule has 1 aromatic rings. The predicted molar refractivity (Wildman–Crippen MR) is 68.6 cm³/mol. The van der Waals surface area contributed by atoms with Crippen molar-refractivity contribution in [3.63, 3.8) is 0 Å². The van der Waals surface area contributed by atoms with Crippen molar-refractivity contribution in [2.24, 2.45) is 5.73 Å². The van der Waals surface area contributed by atoms with Crippen LogP contribution in [-0.2, 0) is 9.59 Å². The first-order valence-corrected chi connectivity index (χ1v) is 6.18. The summed E-state index contributed by atoms with van der Waals surface area (Å²) in [5, 5.41) is 0. The third-order valence-corrected chi connectivity index (χ3v) is 3.72. The van der Waals surface area contributed by atoms with E-state index >= 15 is 0 Å². The molecule has 90 valence electrons. The Morgan fingerprint density at radius 3 is 2.76 bits per heavy atom. The van der Waals surface area contributed by atoms with Gasteiger partial charge in [-0.05, 0) is 31.0 Å². The first kappa shape index (κ1) is 12.3. The van der Waals surface area contributed by atoms with Crippen LogP contribution >= 0.6 is 15.9 Å². The van der Waals surface area contributed by atoms with Crippen molar-refractivity contribution in [1.29, 1.82) is 0 Å². The third-order valence-electron chi connectivity index (χ3n) is 2.87. The Bertz CT molecular complexity index is 487. The number of nitrogens with zero attached hydrogens (tertiary/aromatic N) is 1. The van der Waals surface area contributed by atoms with E-state index in [0.717, 1.165) is 10.0 Å². The Morgan fingerprint density at radius 2 is 2.12 bits per heavy atom. The van der Waals surface area contributed by atoms with Crippen molar-refractivity contribution < 1.29 is 9.59 Å². The summed E-state index contributed by atoms with van der Waals surface area (Å²) in [4.78, 5) is 24.9. The summed E-state index contributed by atoms with van der Waals surface area (Å²) < 4.78 is 0.870. The van der Waals surface area contributed by atoms with Gasteiger partial charge >= 0.3 is 0 Å². The molecule has 0 bridgehead atoms. The van der Waals surface area contributed by atoms with E-state index < -0.39 is 6.04 Å². The van der Waals surface area contributed by atoms with Gasteiger partial charge in [0.05, 0.1) is 11.7 Å². The zero-order chi connectivity index (χ0) is 12.6. The lowest BCUT2D eigenvalue weighted by molar-refractivity contribution is -0.130. The monoisotopic (exact) mass is 296 g/mol. The number of piperidine rings is 1. The summed E-state index contributed by atoms with van der Waals surface area (Å²) >= 11 is 3.39. The molecule has 17 heavy (non-hydrogen) atoms. The van der Waals surface area contributed by atoms with Gasteiger partial charge in [0, 0.05) is 10.9 Å². The molecule has 1 fully saturated rings. The van der Waals surface area contributed by atoms with Crippen LogP contribution in [0.5, 0.6) is 0 Å². The number of amides is 2. The van der Waals surface area contributed by atoms with Crippen LogP contribution in [0.2, 0.25) is 0 Å². The van der Waals surface area contributed by atoms with Gasteiger partial charge in [0.15, 0.2) is 0 Å². The van der Waals surface area contributed by atoms with Crippen LogP contribution in [-0.4, -0.2) is 17.9 Å². The second-order valence-corrected chi connectivity index (χ2v) is 5.00. The number of benzene rings is 1. The lowest BCUT2D eigenvalue weighted by atomic mass is 10.0. The molecule has 0 radical (unpaired) electrons. The normalized spacial score (nSPS) is 20.9. The van der Waals surface area contributed by atoms with Crippen molar-refractivity contribution in [2.75, 3.05) is 4.90 Å². The molecular weight excluding hydrogens is 284 g/mol. The number of carbonyl (C=O) groups excluding carboxylic acids is 2. The van der Waals surface area contributed by atoms with Crippen LogP contribution in [0.4, 0.5) is 5.69 Å². The summed E-state index contributed by atoms with van der Waals surface area (Å²) in [6.07, 6.45) is 0.750. The van der Waals surface area contributed by atoms with E-state index in [0.29, 0.717) is 18.5 Å². The zero-order valence-electron chi connectivity index (χ0n) is 9.44. The summed E-state index contributed by atoms with van der Waals surface area (Å²) in [6.45, 7) is 1.94. The fourth-order valence-corrected chi connectivity index (χ4v) is 2.16. The average Bonchev–Trinajstić information content (AvgIpc) is 2.29. The van der Waals surface area contributed by atoms with E-state index in [-0.39, 0.29) is 11.8 Å². The SMILES string of the molecule is Cc1ccc(N2C(=O)CC[C@H](N)C2=O)cc1Br. The Hall–Kier alpha value is -1.20. The number of aryl methyl sites for hydroxylation is 1. The van der Waals surface area contributed by atoms with E-state index in [2.05, 4.69) is 15.9 Å². The van der Waals surface area contributed by atoms with Crippen LogP contribution in [0.25, 0.3) is 0 Å². The highest BCUT2D eigenvalue weighted by Gasteiger charge is 2.33. The largest absolute Gasteiger partial charge is 0.320 e. The highest BCUT2D eigenvalue weighted by atomic mass is 79.9. The van der Waals surface area contributed by atoms with E-state index in [4.69, 9.17) is 5.73 Å². The molecule has 4 nitrogen and oxygen atoms in total. The average molecular weight is 297 g/mol. The molecule has 0 unspecified atom stereocenters. The maximum Gasteiger partial charge on any atom is 0.250 e. The van der Waals surface area contributed by atoms with Crippen LogP contribution in [0.1, 0.15) is 18.4 Å². The molecule has 1 saturated heterocycles. The van der Waals surface area contributed by atoms with Crippen molar-refractivity contribution in [3.8, 4) is 0 Å². The van der Waals surface area contributed by atoms with E-state index in [1.807, 2.05) is 13.0 Å². The number of nitrogens with two attached hydrogens (primary N) is 1. The van der Waals surface area contributed by atoms with Crippen molar-refractivity contribution in [3.05, 3.63) is 28.2 Å². The summed E-state index contributed by atoms with van der Waals surface area (Å²) in [7, 11) is 0. The van der Waals surface area contributed by atoms with Crippen LogP contribution in [0.15, 0.2) is 22.7 Å². The molecule has 0 aromatic heterocycles. The standard InChI is InChI=1S/C12H13BrN2O2/c1-7-2-3-8(6-9(7)13)15-11(16)5-4-10(14)12(15)17/h2-3,6,10H,4-5,14H2,1H3/t10-/m0/s1. The van der Waals surface area contributed by atoms with Gasteiger partial charge in [0.1, 0.15) is 0 Å². The Balaban J connectivity index is 2.39. The molecule has 1 atom stereocenters. The van der Waals surface area contributed by atoms with E-state index in [9.17, 15) is 9.59 Å². The quantitative estimate of drug-likeness (QED) is 0.803. The van der Waals surface area contributed by atoms with Gasteiger partial charge in [-0.3, -0.25) is 9.59 Å². The molecular formula is C12H13BrN2O2. The Labute approximate surface area is 108 Å². The van der Waals surface area contributed by atoms with Crippen molar-refractivity contribution in [1.82, 2.24) is 0 Å². The predicted octanol–water partition coefficient (Wildman–Crippen LogP) is 1.74. The van der Waals surface area contributed by atoms with Crippen molar-refractivity contribution >= 4 is 33.4 Å². The maximum absolute atomic E-state index is 11.9. The van der Waals surface area contributed by atoms with Gasteiger partial charge in [-0.2, -0.15) is 0 Å². The van der Waals surface area contributed by atoms with Crippen LogP contribution in [0, 0.1) is 6.92 Å². The topological polar surface area (TPSA) is 63.4 Å². The minimum absolute atomic E-state index is 0.188. The number of hydrogen-bond donors (Lipinski definition) is 1. The minimum atomic E-state index is -0.576. The van der Waals surface area contributed by atoms with Gasteiger partial charge in [0.2, 0.25) is 5.91 Å². The second kappa shape index (κ2) is 4.58. The van der Waals surface area contributed by atoms with Gasteiger partial charge < -0.3 is 5.73 Å². The number of carbonyl (C=O) groups is 2. The minimum Gasteiger partial charge on any atom is -0.320 e. The molecule has 1 aliphatic heterocycles. The number of rotatable bonds is 1. The molecule has 5 heteroatoms. The van der Waals surface area contributed by atoms with E-state index in [1.54, 1.807) is 12.1 Å². The van der Waals surface area contributed by atoms with E-state index in [1.165, 1.54) is 4.90 Å². The van der Waals surface area contributed by atoms with Gasteiger partial charge in [0.25, 0.3) is 5.91 Å². The zero-order valence-corrected chi connectivity index (χ0v) is 11.0.